The van der Waals surface area contributed by atoms with Crippen molar-refractivity contribution in [2.75, 3.05) is 0 Å². The fourth-order valence-electron chi connectivity index (χ4n) is 8.12. The van der Waals surface area contributed by atoms with Gasteiger partial charge in [0.1, 0.15) is 0 Å². The quantitative estimate of drug-likeness (QED) is 0.165. The summed E-state index contributed by atoms with van der Waals surface area (Å²) in [5, 5.41) is 15.8. The Labute approximate surface area is 284 Å². The molecule has 48 heavy (non-hydrogen) atoms. The lowest BCUT2D eigenvalue weighted by Gasteiger charge is -2.18. The fourth-order valence-corrected chi connectivity index (χ4v) is 10.6. The van der Waals surface area contributed by atoms with Crippen LogP contribution in [0.4, 0.5) is 0 Å². The third-order valence-electron chi connectivity index (χ3n) is 10.2. The molecule has 0 saturated carbocycles. The van der Waals surface area contributed by atoms with Crippen molar-refractivity contribution in [2.45, 2.75) is 0 Å². The predicted molar refractivity (Wildman–Crippen MR) is 213 cm³/mol. The number of benzene rings is 9. The Morgan fingerprint density at radius 3 is 1.54 bits per heavy atom. The molecular weight excluding hydrogens is 617 g/mol. The highest BCUT2D eigenvalue weighted by molar-refractivity contribution is 7.29. The van der Waals surface area contributed by atoms with Gasteiger partial charge in [0, 0.05) is 40.3 Å². The topological polar surface area (TPSA) is 0 Å². The monoisotopic (exact) mass is 642 g/mol. The van der Waals surface area contributed by atoms with Gasteiger partial charge >= 0.3 is 0 Å². The van der Waals surface area contributed by atoms with Crippen molar-refractivity contribution in [1.29, 1.82) is 0 Å². The van der Waals surface area contributed by atoms with Crippen LogP contribution in [0.25, 0.3) is 106 Å². The van der Waals surface area contributed by atoms with Crippen molar-refractivity contribution in [3.8, 4) is 22.3 Å². The average Bonchev–Trinajstić information content (AvgIpc) is 3.72. The standard InChI is InChI=1S/C46H26S2/c1-2-11-29-25-30(18-17-27(29)9-1)42-33-13-5-7-15-35(33)43(36-16-8-6-14-34(36)42)31-20-22-39-38(26-31)45-41(47-39)24-21-37-44-32-12-4-3-10-28(32)19-23-40(44)48-46(37)45/h1-26H. The van der Waals surface area contributed by atoms with E-state index >= 15 is 0 Å². The van der Waals surface area contributed by atoms with Crippen LogP contribution in [0.1, 0.15) is 0 Å². The first-order chi connectivity index (χ1) is 23.8. The largest absolute Gasteiger partial charge is 0.135 e. The molecule has 0 nitrogen and oxygen atoms in total. The molecule has 0 N–H and O–H groups in total. The van der Waals surface area contributed by atoms with Crippen molar-refractivity contribution in [1.82, 2.24) is 0 Å². The van der Waals surface area contributed by atoms with E-state index in [1.165, 1.54) is 106 Å². The molecular formula is C46H26S2. The third-order valence-corrected chi connectivity index (χ3v) is 12.5. The summed E-state index contributed by atoms with van der Waals surface area (Å²) in [6, 6.07) is 58.8. The molecule has 2 heteroatoms. The highest BCUT2D eigenvalue weighted by Crippen LogP contribution is 2.49. The van der Waals surface area contributed by atoms with Gasteiger partial charge in [0.25, 0.3) is 0 Å². The van der Waals surface area contributed by atoms with Gasteiger partial charge < -0.3 is 0 Å². The summed E-state index contributed by atoms with van der Waals surface area (Å²) in [6.45, 7) is 0. The van der Waals surface area contributed by atoms with Crippen molar-refractivity contribution in [2.24, 2.45) is 0 Å². The van der Waals surface area contributed by atoms with Crippen molar-refractivity contribution < 1.29 is 0 Å². The Morgan fingerprint density at radius 1 is 0.292 bits per heavy atom. The van der Waals surface area contributed by atoms with Crippen LogP contribution >= 0.6 is 22.7 Å². The minimum atomic E-state index is 1.26. The van der Waals surface area contributed by atoms with E-state index in [1.807, 2.05) is 22.7 Å². The minimum Gasteiger partial charge on any atom is -0.135 e. The maximum Gasteiger partial charge on any atom is 0.0448 e. The minimum absolute atomic E-state index is 1.26. The van der Waals surface area contributed by atoms with E-state index in [9.17, 15) is 0 Å². The van der Waals surface area contributed by atoms with Gasteiger partial charge in [0.05, 0.1) is 0 Å². The second-order valence-electron chi connectivity index (χ2n) is 12.8. The van der Waals surface area contributed by atoms with Crippen LogP contribution in [0.5, 0.6) is 0 Å². The van der Waals surface area contributed by atoms with E-state index in [1.54, 1.807) is 0 Å². The number of thiophene rings is 2. The number of hydrogen-bond donors (Lipinski definition) is 0. The smallest absolute Gasteiger partial charge is 0.0448 e. The predicted octanol–water partition coefficient (Wildman–Crippen LogP) is 14.4. The van der Waals surface area contributed by atoms with E-state index in [2.05, 4.69) is 158 Å². The van der Waals surface area contributed by atoms with Crippen molar-refractivity contribution >= 4 is 106 Å². The van der Waals surface area contributed by atoms with Crippen LogP contribution in [0.2, 0.25) is 0 Å². The van der Waals surface area contributed by atoms with Gasteiger partial charge in [0.2, 0.25) is 0 Å². The highest BCUT2D eigenvalue weighted by Gasteiger charge is 2.19. The molecule has 0 saturated heterocycles. The molecule has 0 unspecified atom stereocenters. The molecule has 2 aromatic heterocycles. The molecule has 0 aliphatic heterocycles. The normalized spacial score (nSPS) is 12.2. The summed E-state index contributed by atoms with van der Waals surface area (Å²) in [7, 11) is 0. The van der Waals surface area contributed by atoms with Gasteiger partial charge in [-0.1, -0.05) is 127 Å². The molecule has 2 heterocycles. The lowest BCUT2D eigenvalue weighted by Crippen LogP contribution is -1.91. The van der Waals surface area contributed by atoms with Crippen LogP contribution in [0.15, 0.2) is 158 Å². The second kappa shape index (κ2) is 9.98. The van der Waals surface area contributed by atoms with E-state index in [-0.39, 0.29) is 0 Å². The molecule has 0 aliphatic carbocycles. The molecule has 9 aromatic carbocycles. The Balaban J connectivity index is 1.22. The maximum atomic E-state index is 2.47. The summed E-state index contributed by atoms with van der Waals surface area (Å²) in [4.78, 5) is 0. The van der Waals surface area contributed by atoms with Crippen LogP contribution in [-0.2, 0) is 0 Å². The summed E-state index contributed by atoms with van der Waals surface area (Å²) in [6.07, 6.45) is 0. The van der Waals surface area contributed by atoms with E-state index in [0.29, 0.717) is 0 Å². The van der Waals surface area contributed by atoms with Gasteiger partial charge in [0.15, 0.2) is 0 Å². The second-order valence-corrected chi connectivity index (χ2v) is 14.9. The molecule has 222 valence electrons. The summed E-state index contributed by atoms with van der Waals surface area (Å²) in [5.41, 5.74) is 5.13. The van der Waals surface area contributed by atoms with Gasteiger partial charge in [-0.2, -0.15) is 0 Å². The van der Waals surface area contributed by atoms with Gasteiger partial charge in [-0.25, -0.2) is 0 Å². The zero-order chi connectivity index (χ0) is 31.3. The van der Waals surface area contributed by atoms with E-state index in [0.717, 1.165) is 0 Å². The Bertz CT molecular complexity index is 3060. The SMILES string of the molecule is c1ccc2cc(-c3c4ccccc4c(-c4ccc5sc6ccc7c(sc8ccc9ccccc9c87)c6c5c4)c4ccccc34)ccc2c1. The molecule has 0 amide bonds. The fraction of sp³-hybridized carbons (Fsp3) is 0. The van der Waals surface area contributed by atoms with Crippen molar-refractivity contribution in [3.05, 3.63) is 158 Å². The first kappa shape index (κ1) is 26.5. The van der Waals surface area contributed by atoms with Crippen LogP contribution in [-0.4, -0.2) is 0 Å². The Morgan fingerprint density at radius 2 is 0.812 bits per heavy atom. The molecule has 11 rings (SSSR count). The van der Waals surface area contributed by atoms with Gasteiger partial charge in [-0.3, -0.25) is 0 Å². The maximum absolute atomic E-state index is 2.47. The molecule has 0 aliphatic rings. The van der Waals surface area contributed by atoms with E-state index < -0.39 is 0 Å². The van der Waals surface area contributed by atoms with Crippen LogP contribution < -0.4 is 0 Å². The lowest BCUT2D eigenvalue weighted by molar-refractivity contribution is 1.69. The van der Waals surface area contributed by atoms with Gasteiger partial charge in [-0.05, 0) is 95.7 Å². The lowest BCUT2D eigenvalue weighted by atomic mass is 9.85. The Kier molecular flexibility index (Phi) is 5.51. The first-order valence-electron chi connectivity index (χ1n) is 16.4. The summed E-state index contributed by atoms with van der Waals surface area (Å²) >= 11 is 3.85. The van der Waals surface area contributed by atoms with Crippen LogP contribution in [0, 0.1) is 0 Å². The molecule has 0 bridgehead atoms. The Hall–Kier alpha value is -5.54. The zero-order valence-corrected chi connectivity index (χ0v) is 27.5. The zero-order valence-electron chi connectivity index (χ0n) is 25.8. The first-order valence-corrected chi connectivity index (χ1v) is 18.1. The highest BCUT2D eigenvalue weighted by atomic mass is 32.1. The number of rotatable bonds is 2. The number of fused-ring (bicyclic) bond motifs is 12. The van der Waals surface area contributed by atoms with E-state index in [4.69, 9.17) is 0 Å². The average molecular weight is 643 g/mol. The molecule has 0 spiro atoms. The van der Waals surface area contributed by atoms with Crippen molar-refractivity contribution in [3.63, 3.8) is 0 Å². The molecule has 0 fully saturated rings. The summed E-state index contributed by atoms with van der Waals surface area (Å²) in [5.74, 6) is 0. The van der Waals surface area contributed by atoms with Crippen LogP contribution in [0.3, 0.4) is 0 Å². The molecule has 0 atom stereocenters. The summed E-state index contributed by atoms with van der Waals surface area (Å²) < 4.78 is 5.44. The molecule has 0 radical (unpaired) electrons. The molecule has 11 aromatic rings. The third kappa shape index (κ3) is 3.70. The number of hydrogen-bond acceptors (Lipinski definition) is 2. The van der Waals surface area contributed by atoms with Gasteiger partial charge in [-0.15, -0.1) is 22.7 Å².